The second kappa shape index (κ2) is 8.25. The molecule has 27 heavy (non-hydrogen) atoms. The van der Waals surface area contributed by atoms with Gasteiger partial charge in [0.2, 0.25) is 5.91 Å². The maximum Gasteiger partial charge on any atom is 0.321 e. The molecule has 0 aromatic heterocycles. The molecule has 0 radical (unpaired) electrons. The van der Waals surface area contributed by atoms with E-state index in [4.69, 9.17) is 0 Å². The number of piperazine rings is 1. The zero-order valence-electron chi connectivity index (χ0n) is 16.0. The predicted octanol–water partition coefficient (Wildman–Crippen LogP) is 3.73. The average molecular weight is 365 g/mol. The van der Waals surface area contributed by atoms with Gasteiger partial charge in [-0.1, -0.05) is 62.4 Å². The number of hydrogen-bond acceptors (Lipinski definition) is 2. The number of anilines is 1. The molecule has 0 aliphatic carbocycles. The maximum atomic E-state index is 12.8. The molecule has 142 valence electrons. The van der Waals surface area contributed by atoms with Crippen LogP contribution in [0, 0.1) is 0 Å². The van der Waals surface area contributed by atoms with E-state index < -0.39 is 0 Å². The summed E-state index contributed by atoms with van der Waals surface area (Å²) in [6.45, 7) is 6.46. The van der Waals surface area contributed by atoms with Crippen molar-refractivity contribution in [2.75, 3.05) is 31.5 Å². The summed E-state index contributed by atoms with van der Waals surface area (Å²) in [6, 6.07) is 19.4. The number of amides is 3. The molecule has 0 atom stereocenters. The highest BCUT2D eigenvalue weighted by Crippen LogP contribution is 2.27. The Kier molecular flexibility index (Phi) is 5.79. The third kappa shape index (κ3) is 4.88. The monoisotopic (exact) mass is 365 g/mol. The second-order valence-corrected chi connectivity index (χ2v) is 7.59. The first kappa shape index (κ1) is 19.0. The van der Waals surface area contributed by atoms with Gasteiger partial charge in [0.05, 0.1) is 0 Å². The quantitative estimate of drug-likeness (QED) is 0.898. The molecule has 2 aromatic rings. The fraction of sp³-hybridized carbons (Fsp3) is 0.364. The van der Waals surface area contributed by atoms with Crippen molar-refractivity contribution in [3.63, 3.8) is 0 Å². The lowest BCUT2D eigenvalue weighted by Gasteiger charge is -2.36. The van der Waals surface area contributed by atoms with Gasteiger partial charge in [-0.15, -0.1) is 0 Å². The van der Waals surface area contributed by atoms with Gasteiger partial charge in [0.25, 0.3) is 0 Å². The molecule has 0 unspecified atom stereocenters. The van der Waals surface area contributed by atoms with Crippen LogP contribution in [0.3, 0.4) is 0 Å². The number of nitrogens with one attached hydrogen (secondary N) is 1. The first-order valence-electron chi connectivity index (χ1n) is 9.40. The van der Waals surface area contributed by atoms with E-state index >= 15 is 0 Å². The Morgan fingerprint density at radius 2 is 1.37 bits per heavy atom. The van der Waals surface area contributed by atoms with E-state index in [0.717, 1.165) is 5.69 Å². The van der Waals surface area contributed by atoms with Gasteiger partial charge in [-0.25, -0.2) is 4.79 Å². The first-order chi connectivity index (χ1) is 13.0. The van der Waals surface area contributed by atoms with E-state index in [0.29, 0.717) is 32.6 Å². The van der Waals surface area contributed by atoms with Crippen molar-refractivity contribution < 1.29 is 9.59 Å². The summed E-state index contributed by atoms with van der Waals surface area (Å²) in [5.41, 5.74) is 1.74. The van der Waals surface area contributed by atoms with E-state index in [1.54, 1.807) is 4.90 Å². The standard InChI is InChI=1S/C22H27N3O2/c1-22(2,18-9-5-3-6-10-18)17-20(26)24-13-15-25(16-14-24)21(27)23-19-11-7-4-8-12-19/h3-12H,13-17H2,1-2H3,(H,23,27). The van der Waals surface area contributed by atoms with Crippen molar-refractivity contribution in [2.45, 2.75) is 25.7 Å². The molecule has 1 saturated heterocycles. The highest BCUT2D eigenvalue weighted by Gasteiger charge is 2.29. The lowest BCUT2D eigenvalue weighted by Crippen LogP contribution is -2.52. The number of carbonyl (C=O) groups excluding carboxylic acids is 2. The smallest absolute Gasteiger partial charge is 0.321 e. The summed E-state index contributed by atoms with van der Waals surface area (Å²) in [6.07, 6.45) is 0.466. The molecular formula is C22H27N3O2. The molecule has 1 heterocycles. The van der Waals surface area contributed by atoms with E-state index in [1.165, 1.54) is 5.56 Å². The summed E-state index contributed by atoms with van der Waals surface area (Å²) in [5.74, 6) is 0.145. The highest BCUT2D eigenvalue weighted by atomic mass is 16.2. The number of rotatable bonds is 4. The van der Waals surface area contributed by atoms with E-state index in [9.17, 15) is 9.59 Å². The van der Waals surface area contributed by atoms with Gasteiger partial charge < -0.3 is 15.1 Å². The van der Waals surface area contributed by atoms with Gasteiger partial charge in [0, 0.05) is 38.3 Å². The van der Waals surface area contributed by atoms with E-state index in [1.807, 2.05) is 53.4 Å². The topological polar surface area (TPSA) is 52.7 Å². The molecule has 2 aromatic carbocycles. The van der Waals surface area contributed by atoms with Crippen LogP contribution in [0.5, 0.6) is 0 Å². The van der Waals surface area contributed by atoms with Gasteiger partial charge in [-0.05, 0) is 23.1 Å². The van der Waals surface area contributed by atoms with Crippen LogP contribution in [-0.2, 0) is 10.2 Å². The third-order valence-electron chi connectivity index (χ3n) is 5.09. The molecule has 0 bridgehead atoms. The Balaban J connectivity index is 1.51. The second-order valence-electron chi connectivity index (χ2n) is 7.59. The molecule has 5 heteroatoms. The van der Waals surface area contributed by atoms with Gasteiger partial charge in [0.1, 0.15) is 0 Å². The van der Waals surface area contributed by atoms with Gasteiger partial charge in [-0.3, -0.25) is 4.79 Å². The Bertz CT molecular complexity index is 767. The van der Waals surface area contributed by atoms with Crippen LogP contribution in [0.4, 0.5) is 10.5 Å². The number of para-hydroxylation sites is 1. The van der Waals surface area contributed by atoms with Crippen molar-refractivity contribution >= 4 is 17.6 Å². The zero-order chi connectivity index (χ0) is 19.3. The van der Waals surface area contributed by atoms with Crippen LogP contribution >= 0.6 is 0 Å². The lowest BCUT2D eigenvalue weighted by atomic mass is 9.81. The number of carbonyl (C=O) groups is 2. The van der Waals surface area contributed by atoms with Crippen molar-refractivity contribution in [2.24, 2.45) is 0 Å². The molecule has 0 spiro atoms. The number of nitrogens with zero attached hydrogens (tertiary/aromatic N) is 2. The molecule has 3 amide bonds. The highest BCUT2D eigenvalue weighted by molar-refractivity contribution is 5.89. The lowest BCUT2D eigenvalue weighted by molar-refractivity contribution is -0.133. The largest absolute Gasteiger partial charge is 0.339 e. The molecule has 5 nitrogen and oxygen atoms in total. The summed E-state index contributed by atoms with van der Waals surface area (Å²) in [5, 5.41) is 2.90. The number of hydrogen-bond donors (Lipinski definition) is 1. The van der Waals surface area contributed by atoms with E-state index in [2.05, 4.69) is 31.3 Å². The summed E-state index contributed by atoms with van der Waals surface area (Å²) < 4.78 is 0. The van der Waals surface area contributed by atoms with Crippen molar-refractivity contribution in [1.82, 2.24) is 9.80 Å². The Labute approximate surface area is 161 Å². The Hall–Kier alpha value is -2.82. The fourth-order valence-corrected chi connectivity index (χ4v) is 3.36. The zero-order valence-corrected chi connectivity index (χ0v) is 16.0. The maximum absolute atomic E-state index is 12.8. The van der Waals surface area contributed by atoms with Crippen LogP contribution in [0.2, 0.25) is 0 Å². The van der Waals surface area contributed by atoms with Crippen molar-refractivity contribution in [1.29, 1.82) is 0 Å². The number of urea groups is 1. The molecule has 3 rings (SSSR count). The van der Waals surface area contributed by atoms with Gasteiger partial charge >= 0.3 is 6.03 Å². The first-order valence-corrected chi connectivity index (χ1v) is 9.40. The third-order valence-corrected chi connectivity index (χ3v) is 5.09. The summed E-state index contributed by atoms with van der Waals surface area (Å²) in [4.78, 5) is 28.8. The van der Waals surface area contributed by atoms with Crippen molar-refractivity contribution in [3.05, 3.63) is 66.2 Å². The average Bonchev–Trinajstić information content (AvgIpc) is 2.69. The van der Waals surface area contributed by atoms with Crippen molar-refractivity contribution in [3.8, 4) is 0 Å². The van der Waals surface area contributed by atoms with Crippen LogP contribution in [0.15, 0.2) is 60.7 Å². The SMILES string of the molecule is CC(C)(CC(=O)N1CCN(C(=O)Nc2ccccc2)CC1)c1ccccc1. The molecular weight excluding hydrogens is 338 g/mol. The van der Waals surface area contributed by atoms with Gasteiger partial charge in [0.15, 0.2) is 0 Å². The normalized spacial score (nSPS) is 14.7. The minimum absolute atomic E-state index is 0.113. The minimum Gasteiger partial charge on any atom is -0.339 e. The van der Waals surface area contributed by atoms with Gasteiger partial charge in [-0.2, -0.15) is 0 Å². The number of benzene rings is 2. The molecule has 1 aliphatic heterocycles. The van der Waals surface area contributed by atoms with E-state index in [-0.39, 0.29) is 17.4 Å². The molecule has 1 fully saturated rings. The molecule has 0 saturated carbocycles. The fourth-order valence-electron chi connectivity index (χ4n) is 3.36. The molecule has 1 aliphatic rings. The van der Waals surface area contributed by atoms with Crippen LogP contribution in [0.25, 0.3) is 0 Å². The Morgan fingerprint density at radius 1 is 0.852 bits per heavy atom. The summed E-state index contributed by atoms with van der Waals surface area (Å²) in [7, 11) is 0. The Morgan fingerprint density at radius 3 is 1.96 bits per heavy atom. The summed E-state index contributed by atoms with van der Waals surface area (Å²) >= 11 is 0. The molecule has 1 N–H and O–H groups in total. The minimum atomic E-state index is -0.208. The van der Waals surface area contributed by atoms with Crippen LogP contribution < -0.4 is 5.32 Å². The van der Waals surface area contributed by atoms with Crippen LogP contribution in [0.1, 0.15) is 25.8 Å². The predicted molar refractivity (Wildman–Crippen MR) is 108 cm³/mol. The van der Waals surface area contributed by atoms with Crippen LogP contribution in [-0.4, -0.2) is 47.9 Å².